The minimum Gasteiger partial charge on any atom is -0.394 e. The number of hydrogen-bond donors (Lipinski definition) is 4. The van der Waals surface area contributed by atoms with Gasteiger partial charge in [-0.25, -0.2) is 4.98 Å². The number of hydrogen-bond acceptors (Lipinski definition) is 9. The number of aromatic amines is 1. The lowest BCUT2D eigenvalue weighted by atomic mass is 10.1. The van der Waals surface area contributed by atoms with E-state index in [4.69, 9.17) is 14.2 Å². The molecule has 4 aromatic rings. The average Bonchev–Trinajstić information content (AvgIpc) is 3.55. The molecule has 0 unspecified atom stereocenters. The van der Waals surface area contributed by atoms with Crippen molar-refractivity contribution in [2.75, 3.05) is 25.1 Å². The standard InChI is InChI=1S/C32H41N5O7Si/c1-20(2)28(40)35-30-34-27-24(29(41)36-30)33-19-37(27)32(45(21-12-8-6-9-13-21)22-14-10-7-11-15-22)26(42-17-16-38)25(39)23(44-32)18-43-31(3,4)5/h6-15,19-20,23,25-26,38-39,45H,16-18H2,1-5H3,(H2,34,35,36,40,41)/t23-,25-,26-,32+/m1/s1. The predicted molar refractivity (Wildman–Crippen MR) is 172 cm³/mol. The molecule has 3 heterocycles. The molecule has 1 saturated heterocycles. The Morgan fingerprint density at radius 2 is 1.76 bits per heavy atom. The second-order valence-corrected chi connectivity index (χ2v) is 15.5. The molecular formula is C32H41N5O7Si. The molecule has 240 valence electrons. The molecule has 4 atom stereocenters. The number of carbonyl (C=O) groups is 1. The molecule has 2 aromatic carbocycles. The van der Waals surface area contributed by atoms with Crippen LogP contribution in [-0.4, -0.2) is 88.2 Å². The van der Waals surface area contributed by atoms with E-state index in [2.05, 4.69) is 20.3 Å². The van der Waals surface area contributed by atoms with E-state index in [0.717, 1.165) is 10.4 Å². The van der Waals surface area contributed by atoms with Crippen LogP contribution in [0.25, 0.3) is 11.2 Å². The first-order chi connectivity index (χ1) is 21.5. The van der Waals surface area contributed by atoms with Crippen molar-refractivity contribution in [3.05, 3.63) is 77.3 Å². The van der Waals surface area contributed by atoms with Gasteiger partial charge in [0.1, 0.15) is 18.3 Å². The van der Waals surface area contributed by atoms with Gasteiger partial charge in [-0.05, 0) is 20.8 Å². The number of rotatable bonds is 11. The third kappa shape index (κ3) is 6.64. The van der Waals surface area contributed by atoms with Crippen molar-refractivity contribution in [3.8, 4) is 0 Å². The van der Waals surface area contributed by atoms with Crippen molar-refractivity contribution in [2.24, 2.45) is 5.92 Å². The summed E-state index contributed by atoms with van der Waals surface area (Å²) in [5.74, 6) is -0.724. The number of benzene rings is 2. The van der Waals surface area contributed by atoms with E-state index in [1.807, 2.05) is 81.4 Å². The van der Waals surface area contributed by atoms with Gasteiger partial charge in [0.05, 0.1) is 31.7 Å². The highest BCUT2D eigenvalue weighted by Gasteiger charge is 2.62. The quantitative estimate of drug-likeness (QED) is 0.176. The van der Waals surface area contributed by atoms with Crippen LogP contribution < -0.4 is 21.2 Å². The lowest BCUT2D eigenvalue weighted by Gasteiger charge is -2.42. The number of aromatic nitrogens is 4. The van der Waals surface area contributed by atoms with E-state index >= 15 is 0 Å². The van der Waals surface area contributed by atoms with Crippen molar-refractivity contribution in [1.82, 2.24) is 19.5 Å². The molecule has 1 aliphatic heterocycles. The number of carbonyl (C=O) groups excluding carboxylic acids is 1. The third-order valence-electron chi connectivity index (χ3n) is 7.74. The first-order valence-corrected chi connectivity index (χ1v) is 16.8. The molecule has 1 fully saturated rings. The fourth-order valence-electron chi connectivity index (χ4n) is 5.69. The van der Waals surface area contributed by atoms with Gasteiger partial charge in [-0.3, -0.25) is 24.5 Å². The Hall–Kier alpha value is -3.72. The highest BCUT2D eigenvalue weighted by molar-refractivity contribution is 6.86. The first kappa shape index (κ1) is 32.7. The van der Waals surface area contributed by atoms with Crippen molar-refractivity contribution >= 4 is 42.2 Å². The van der Waals surface area contributed by atoms with Gasteiger partial charge in [0.2, 0.25) is 11.9 Å². The van der Waals surface area contributed by atoms with E-state index in [-0.39, 0.29) is 48.8 Å². The maximum Gasteiger partial charge on any atom is 0.280 e. The van der Waals surface area contributed by atoms with Gasteiger partial charge in [0.15, 0.2) is 25.3 Å². The molecule has 0 spiro atoms. The minimum atomic E-state index is -2.72. The summed E-state index contributed by atoms with van der Waals surface area (Å²) in [6, 6.07) is 19.7. The Kier molecular flexibility index (Phi) is 9.67. The van der Waals surface area contributed by atoms with E-state index in [9.17, 15) is 19.8 Å². The van der Waals surface area contributed by atoms with E-state index in [1.54, 1.807) is 18.4 Å². The normalized spacial score (nSPS) is 22.0. The second kappa shape index (κ2) is 13.3. The molecule has 1 amide bonds. The average molecular weight is 636 g/mol. The zero-order valence-electron chi connectivity index (χ0n) is 26.1. The van der Waals surface area contributed by atoms with Gasteiger partial charge in [-0.2, -0.15) is 4.98 Å². The zero-order chi connectivity index (χ0) is 32.4. The molecular weight excluding hydrogens is 594 g/mol. The number of aliphatic hydroxyl groups excluding tert-OH is 2. The SMILES string of the molecule is CC(C)C(=O)Nc1nc2c(ncn2[C@]2([SiH](c3ccccc3)c3ccccc3)O[C@H](COC(C)(C)C)[C@@H](O)[C@H]2OCCO)c(=O)[nH]1. The minimum absolute atomic E-state index is 0.0270. The van der Waals surface area contributed by atoms with Gasteiger partial charge < -0.3 is 24.4 Å². The van der Waals surface area contributed by atoms with Gasteiger partial charge in [-0.15, -0.1) is 0 Å². The van der Waals surface area contributed by atoms with Crippen molar-refractivity contribution in [1.29, 1.82) is 0 Å². The highest BCUT2D eigenvalue weighted by atomic mass is 28.3. The molecule has 45 heavy (non-hydrogen) atoms. The summed E-state index contributed by atoms with van der Waals surface area (Å²) >= 11 is 0. The number of aliphatic hydroxyl groups is 2. The molecule has 5 rings (SSSR count). The van der Waals surface area contributed by atoms with Gasteiger partial charge in [0, 0.05) is 5.92 Å². The van der Waals surface area contributed by atoms with Gasteiger partial charge in [-0.1, -0.05) is 84.9 Å². The van der Waals surface area contributed by atoms with Gasteiger partial charge >= 0.3 is 0 Å². The van der Waals surface area contributed by atoms with Crippen LogP contribution in [0.5, 0.6) is 0 Å². The van der Waals surface area contributed by atoms with Crippen LogP contribution >= 0.6 is 0 Å². The Labute approximate surface area is 263 Å². The molecule has 2 aromatic heterocycles. The zero-order valence-corrected chi connectivity index (χ0v) is 27.3. The fourth-order valence-corrected chi connectivity index (χ4v) is 9.65. The molecule has 0 radical (unpaired) electrons. The lowest BCUT2D eigenvalue weighted by Crippen LogP contribution is -2.67. The van der Waals surface area contributed by atoms with E-state index in [1.165, 1.54) is 6.33 Å². The summed E-state index contributed by atoms with van der Waals surface area (Å²) in [4.78, 5) is 37.6. The molecule has 1 aliphatic rings. The Balaban J connectivity index is 1.81. The van der Waals surface area contributed by atoms with Crippen LogP contribution in [-0.2, 0) is 24.4 Å². The Bertz CT molecular complexity index is 1620. The summed E-state index contributed by atoms with van der Waals surface area (Å²) in [5, 5.41) is 24.9. The predicted octanol–water partition coefficient (Wildman–Crippen LogP) is 0.900. The number of anilines is 1. The van der Waals surface area contributed by atoms with Crippen molar-refractivity contribution < 1.29 is 29.2 Å². The van der Waals surface area contributed by atoms with Gasteiger partial charge in [0.25, 0.3) is 5.56 Å². The maximum atomic E-state index is 13.3. The molecule has 0 saturated carbocycles. The second-order valence-electron chi connectivity index (χ2n) is 12.4. The van der Waals surface area contributed by atoms with Crippen LogP contribution in [0.3, 0.4) is 0 Å². The number of fused-ring (bicyclic) bond motifs is 1. The number of H-pyrrole nitrogens is 1. The van der Waals surface area contributed by atoms with Crippen molar-refractivity contribution in [3.63, 3.8) is 0 Å². The summed E-state index contributed by atoms with van der Waals surface area (Å²) in [7, 11) is -2.72. The maximum absolute atomic E-state index is 13.3. The molecule has 0 bridgehead atoms. The largest absolute Gasteiger partial charge is 0.394 e. The van der Waals surface area contributed by atoms with Crippen LogP contribution in [0.2, 0.25) is 0 Å². The summed E-state index contributed by atoms with van der Waals surface area (Å²) in [6.07, 6.45) is -1.61. The number of nitrogens with zero attached hydrogens (tertiary/aromatic N) is 3. The van der Waals surface area contributed by atoms with E-state index < -0.39 is 43.6 Å². The van der Waals surface area contributed by atoms with Crippen LogP contribution in [0.15, 0.2) is 71.8 Å². The first-order valence-electron chi connectivity index (χ1n) is 15.1. The topological polar surface area (TPSA) is 161 Å². The summed E-state index contributed by atoms with van der Waals surface area (Å²) in [6.45, 7) is 8.89. The summed E-state index contributed by atoms with van der Waals surface area (Å²) in [5.41, 5.74) is -0.904. The fraction of sp³-hybridized carbons (Fsp3) is 0.438. The number of imidazole rings is 1. The van der Waals surface area contributed by atoms with Crippen LogP contribution in [0.1, 0.15) is 34.6 Å². The number of nitrogens with one attached hydrogen (secondary N) is 2. The summed E-state index contributed by atoms with van der Waals surface area (Å²) < 4.78 is 21.2. The number of ether oxygens (including phenoxy) is 3. The third-order valence-corrected chi connectivity index (χ3v) is 11.4. The molecule has 12 nitrogen and oxygen atoms in total. The van der Waals surface area contributed by atoms with E-state index in [0.29, 0.717) is 0 Å². The highest BCUT2D eigenvalue weighted by Crippen LogP contribution is 2.42. The smallest absolute Gasteiger partial charge is 0.280 e. The molecule has 0 aliphatic carbocycles. The Morgan fingerprint density at radius 3 is 2.31 bits per heavy atom. The lowest BCUT2D eigenvalue weighted by molar-refractivity contribution is -0.125. The number of amides is 1. The van der Waals surface area contributed by atoms with Crippen LogP contribution in [0.4, 0.5) is 5.95 Å². The van der Waals surface area contributed by atoms with Crippen LogP contribution in [0, 0.1) is 5.92 Å². The molecule has 4 N–H and O–H groups in total. The monoisotopic (exact) mass is 635 g/mol. The molecule has 13 heteroatoms. The Morgan fingerprint density at radius 1 is 1.13 bits per heavy atom. The van der Waals surface area contributed by atoms with Crippen molar-refractivity contribution in [2.45, 2.75) is 63.9 Å².